The van der Waals surface area contributed by atoms with Gasteiger partial charge in [0.05, 0.1) is 5.56 Å². The first-order chi connectivity index (χ1) is 9.76. The molecule has 0 aliphatic heterocycles. The van der Waals surface area contributed by atoms with Gasteiger partial charge in [-0.05, 0) is 24.1 Å². The molecule has 20 heavy (non-hydrogen) atoms. The van der Waals surface area contributed by atoms with Crippen molar-refractivity contribution in [2.45, 2.75) is 13.3 Å². The van der Waals surface area contributed by atoms with Gasteiger partial charge in [-0.3, -0.25) is 0 Å². The van der Waals surface area contributed by atoms with Gasteiger partial charge in [-0.25, -0.2) is 4.98 Å². The van der Waals surface area contributed by atoms with E-state index in [4.69, 9.17) is 10.3 Å². The monoisotopic (exact) mass is 266 g/mol. The van der Waals surface area contributed by atoms with Crippen LogP contribution in [0, 0.1) is 0 Å². The van der Waals surface area contributed by atoms with Crippen LogP contribution in [0.3, 0.4) is 0 Å². The van der Waals surface area contributed by atoms with Gasteiger partial charge in [0.15, 0.2) is 0 Å². The Morgan fingerprint density at radius 1 is 1.05 bits per heavy atom. The fourth-order valence-electron chi connectivity index (χ4n) is 1.88. The van der Waals surface area contributed by atoms with Crippen molar-refractivity contribution >= 4 is 5.82 Å². The maximum atomic E-state index is 5.55. The van der Waals surface area contributed by atoms with Crippen molar-refractivity contribution in [2.24, 2.45) is 0 Å². The number of hydrogen-bond acceptors (Lipinski definition) is 5. The third kappa shape index (κ3) is 2.38. The highest BCUT2D eigenvalue weighted by Crippen LogP contribution is 2.22. The molecule has 0 radical (unpaired) electrons. The lowest BCUT2D eigenvalue weighted by Gasteiger charge is -1.97. The normalized spacial score (nSPS) is 10.7. The van der Waals surface area contributed by atoms with E-state index in [1.807, 2.05) is 12.1 Å². The van der Waals surface area contributed by atoms with E-state index in [1.165, 1.54) is 5.56 Å². The molecule has 2 heterocycles. The molecular formula is C15H14N4O. The Balaban J connectivity index is 1.91. The van der Waals surface area contributed by atoms with E-state index in [9.17, 15) is 0 Å². The maximum Gasteiger partial charge on any atom is 0.259 e. The molecule has 2 aromatic heterocycles. The zero-order valence-corrected chi connectivity index (χ0v) is 11.1. The molecule has 0 amide bonds. The zero-order valence-electron chi connectivity index (χ0n) is 11.1. The second-order valence-electron chi connectivity index (χ2n) is 4.45. The summed E-state index contributed by atoms with van der Waals surface area (Å²) in [6.07, 6.45) is 2.63. The summed E-state index contributed by atoms with van der Waals surface area (Å²) in [5, 5.41) is 4.00. The summed E-state index contributed by atoms with van der Waals surface area (Å²) in [5.74, 6) is 1.47. The van der Waals surface area contributed by atoms with E-state index in [0.29, 0.717) is 17.5 Å². The number of nitrogen functional groups attached to an aromatic ring is 1. The van der Waals surface area contributed by atoms with Crippen LogP contribution in [0.1, 0.15) is 12.5 Å². The van der Waals surface area contributed by atoms with Crippen LogP contribution in [0.5, 0.6) is 0 Å². The summed E-state index contributed by atoms with van der Waals surface area (Å²) in [5.41, 5.74) is 8.51. The van der Waals surface area contributed by atoms with E-state index in [1.54, 1.807) is 18.3 Å². The molecule has 0 fully saturated rings. The molecule has 0 aliphatic rings. The molecule has 0 saturated carbocycles. The molecule has 5 heteroatoms. The summed E-state index contributed by atoms with van der Waals surface area (Å²) in [6, 6.07) is 11.6. The van der Waals surface area contributed by atoms with Gasteiger partial charge in [-0.1, -0.05) is 36.3 Å². The molecule has 3 aromatic rings. The predicted molar refractivity (Wildman–Crippen MR) is 76.8 cm³/mol. The van der Waals surface area contributed by atoms with E-state index >= 15 is 0 Å². The number of nitrogens with zero attached hydrogens (tertiary/aromatic N) is 3. The molecule has 0 saturated heterocycles. The quantitative estimate of drug-likeness (QED) is 0.788. The van der Waals surface area contributed by atoms with Gasteiger partial charge in [0.25, 0.3) is 5.89 Å². The molecule has 5 nitrogen and oxygen atoms in total. The topological polar surface area (TPSA) is 77.8 Å². The van der Waals surface area contributed by atoms with Crippen molar-refractivity contribution in [3.8, 4) is 22.8 Å². The Labute approximate surface area is 116 Å². The SMILES string of the molecule is CCc1ccc(-c2noc(-c3ccc(N)nc3)n2)cc1. The summed E-state index contributed by atoms with van der Waals surface area (Å²) < 4.78 is 5.26. The Morgan fingerprint density at radius 2 is 1.80 bits per heavy atom. The number of rotatable bonds is 3. The minimum Gasteiger partial charge on any atom is -0.384 e. The Morgan fingerprint density at radius 3 is 2.45 bits per heavy atom. The van der Waals surface area contributed by atoms with Crippen LogP contribution in [0.15, 0.2) is 47.1 Å². The fraction of sp³-hybridized carbons (Fsp3) is 0.133. The molecular weight excluding hydrogens is 252 g/mol. The Kier molecular flexibility index (Phi) is 3.16. The van der Waals surface area contributed by atoms with Crippen molar-refractivity contribution in [1.82, 2.24) is 15.1 Å². The van der Waals surface area contributed by atoms with Crippen LogP contribution in [0.2, 0.25) is 0 Å². The van der Waals surface area contributed by atoms with Crippen molar-refractivity contribution in [3.05, 3.63) is 48.2 Å². The van der Waals surface area contributed by atoms with Gasteiger partial charge in [0, 0.05) is 11.8 Å². The fourth-order valence-corrected chi connectivity index (χ4v) is 1.88. The number of anilines is 1. The zero-order chi connectivity index (χ0) is 13.9. The number of nitrogens with two attached hydrogens (primary N) is 1. The molecule has 0 spiro atoms. The average Bonchev–Trinajstić information content (AvgIpc) is 2.98. The molecule has 0 unspecified atom stereocenters. The van der Waals surface area contributed by atoms with Gasteiger partial charge < -0.3 is 10.3 Å². The number of benzene rings is 1. The molecule has 0 aliphatic carbocycles. The van der Waals surface area contributed by atoms with Gasteiger partial charge in [0.2, 0.25) is 5.82 Å². The lowest BCUT2D eigenvalue weighted by atomic mass is 10.1. The van der Waals surface area contributed by atoms with Gasteiger partial charge >= 0.3 is 0 Å². The van der Waals surface area contributed by atoms with Crippen LogP contribution >= 0.6 is 0 Å². The third-order valence-corrected chi connectivity index (χ3v) is 3.08. The average molecular weight is 266 g/mol. The molecule has 0 bridgehead atoms. The molecule has 3 rings (SSSR count). The van der Waals surface area contributed by atoms with Crippen LogP contribution < -0.4 is 5.73 Å². The van der Waals surface area contributed by atoms with Gasteiger partial charge in [-0.15, -0.1) is 0 Å². The highest BCUT2D eigenvalue weighted by atomic mass is 16.5. The molecule has 100 valence electrons. The first-order valence-corrected chi connectivity index (χ1v) is 6.41. The van der Waals surface area contributed by atoms with Gasteiger partial charge in [0.1, 0.15) is 5.82 Å². The van der Waals surface area contributed by atoms with Crippen molar-refractivity contribution in [3.63, 3.8) is 0 Å². The smallest absolute Gasteiger partial charge is 0.259 e. The largest absolute Gasteiger partial charge is 0.384 e. The number of aryl methyl sites for hydroxylation is 1. The minimum atomic E-state index is 0.437. The lowest BCUT2D eigenvalue weighted by molar-refractivity contribution is 0.432. The van der Waals surface area contributed by atoms with E-state index in [0.717, 1.165) is 17.5 Å². The van der Waals surface area contributed by atoms with Crippen LogP contribution in [0.25, 0.3) is 22.8 Å². The maximum absolute atomic E-state index is 5.55. The van der Waals surface area contributed by atoms with Crippen molar-refractivity contribution in [1.29, 1.82) is 0 Å². The summed E-state index contributed by atoms with van der Waals surface area (Å²) >= 11 is 0. The third-order valence-electron chi connectivity index (χ3n) is 3.08. The van der Waals surface area contributed by atoms with E-state index in [-0.39, 0.29) is 0 Å². The Hall–Kier alpha value is -2.69. The van der Waals surface area contributed by atoms with E-state index < -0.39 is 0 Å². The summed E-state index contributed by atoms with van der Waals surface area (Å²) in [6.45, 7) is 2.12. The number of hydrogen-bond donors (Lipinski definition) is 1. The number of aromatic nitrogens is 3. The first-order valence-electron chi connectivity index (χ1n) is 6.41. The molecule has 1 aromatic carbocycles. The first kappa shape index (κ1) is 12.3. The summed E-state index contributed by atoms with van der Waals surface area (Å²) in [4.78, 5) is 8.39. The van der Waals surface area contributed by atoms with E-state index in [2.05, 4.69) is 34.2 Å². The highest BCUT2D eigenvalue weighted by Gasteiger charge is 2.10. The standard InChI is InChI=1S/C15H14N4O/c1-2-10-3-5-11(6-4-10)14-18-15(20-19-14)12-7-8-13(16)17-9-12/h3-9H,2H2,1H3,(H2,16,17). The van der Waals surface area contributed by atoms with Crippen LogP contribution in [0.4, 0.5) is 5.82 Å². The van der Waals surface area contributed by atoms with Crippen LogP contribution in [-0.2, 0) is 6.42 Å². The van der Waals surface area contributed by atoms with Crippen molar-refractivity contribution in [2.75, 3.05) is 5.73 Å². The number of pyridine rings is 1. The van der Waals surface area contributed by atoms with Crippen molar-refractivity contribution < 1.29 is 4.52 Å². The molecule has 2 N–H and O–H groups in total. The van der Waals surface area contributed by atoms with Gasteiger partial charge in [-0.2, -0.15) is 4.98 Å². The second kappa shape index (κ2) is 5.13. The predicted octanol–water partition coefficient (Wildman–Crippen LogP) is 2.94. The lowest BCUT2D eigenvalue weighted by Crippen LogP contribution is -1.89. The Bertz CT molecular complexity index is 701. The second-order valence-corrected chi connectivity index (χ2v) is 4.45. The van der Waals surface area contributed by atoms with Crippen LogP contribution in [-0.4, -0.2) is 15.1 Å². The molecule has 0 atom stereocenters. The highest BCUT2D eigenvalue weighted by molar-refractivity contribution is 5.60. The minimum absolute atomic E-state index is 0.437. The summed E-state index contributed by atoms with van der Waals surface area (Å²) in [7, 11) is 0.